The van der Waals surface area contributed by atoms with E-state index in [0.29, 0.717) is 12.2 Å². The van der Waals surface area contributed by atoms with Crippen molar-refractivity contribution in [2.45, 2.75) is 70.5 Å². The van der Waals surface area contributed by atoms with Gasteiger partial charge in [-0.05, 0) is 44.2 Å². The Bertz CT molecular complexity index is 1370. The van der Waals surface area contributed by atoms with Gasteiger partial charge in [0.25, 0.3) is 11.8 Å². The maximum Gasteiger partial charge on any atom is 0.264 e. The summed E-state index contributed by atoms with van der Waals surface area (Å²) < 4.78 is 1.96. The number of hydrogen-bond donors (Lipinski definition) is 2. The first-order valence-electron chi connectivity index (χ1n) is 13.7. The molecule has 2 aromatic rings. The fraction of sp³-hybridized carbons (Fsp3) is 0.500. The Morgan fingerprint density at radius 3 is 2.56 bits per heavy atom. The van der Waals surface area contributed by atoms with Crippen molar-refractivity contribution >= 4 is 35.2 Å². The van der Waals surface area contributed by atoms with E-state index in [4.69, 9.17) is 0 Å². The van der Waals surface area contributed by atoms with Crippen molar-refractivity contribution in [1.29, 1.82) is 0 Å². The molecule has 2 N–H and O–H groups in total. The van der Waals surface area contributed by atoms with E-state index >= 15 is 0 Å². The van der Waals surface area contributed by atoms with E-state index < -0.39 is 29.7 Å². The van der Waals surface area contributed by atoms with Gasteiger partial charge in [-0.3, -0.25) is 38.9 Å². The predicted octanol–water partition coefficient (Wildman–Crippen LogP) is 2.25. The number of anilines is 1. The number of nitrogens with one attached hydrogen (secondary N) is 2. The number of imide groups is 2. The summed E-state index contributed by atoms with van der Waals surface area (Å²) in [6, 6.07) is 4.23. The summed E-state index contributed by atoms with van der Waals surface area (Å²) in [4.78, 5) is 66.1. The van der Waals surface area contributed by atoms with Gasteiger partial charge in [0.15, 0.2) is 0 Å². The Labute approximate surface area is 225 Å². The molecule has 4 aliphatic rings. The molecule has 11 nitrogen and oxygen atoms in total. The first kappa shape index (κ1) is 25.3. The van der Waals surface area contributed by atoms with Crippen LogP contribution in [-0.2, 0) is 20.9 Å². The van der Waals surface area contributed by atoms with Crippen LogP contribution in [0.4, 0.5) is 5.69 Å². The second-order valence-electron chi connectivity index (χ2n) is 11.3. The standard InChI is InChI=1S/C28H32N6O5/c1-28(10-3-11-28)27(39)32-12-8-18(9-13-32)33-16-17(15-30-33)14-29-20-5-2-4-19-23(20)26(38)34(25(19)37)21-6-7-22(35)31-24(21)36/h2,4-5,15-16,18,21,29H,3,6-14H2,1H3,(H,31,35,36). The van der Waals surface area contributed by atoms with Crippen molar-refractivity contribution in [2.75, 3.05) is 18.4 Å². The lowest BCUT2D eigenvalue weighted by molar-refractivity contribution is -0.147. The quantitative estimate of drug-likeness (QED) is 0.545. The number of carbonyl (C=O) groups is 5. The number of nitrogens with zero attached hydrogens (tertiary/aromatic N) is 4. The highest BCUT2D eigenvalue weighted by atomic mass is 16.2. The monoisotopic (exact) mass is 532 g/mol. The van der Waals surface area contributed by atoms with Crippen molar-refractivity contribution in [3.8, 4) is 0 Å². The van der Waals surface area contributed by atoms with Gasteiger partial charge < -0.3 is 10.2 Å². The third-order valence-corrected chi connectivity index (χ3v) is 8.71. The van der Waals surface area contributed by atoms with E-state index in [1.165, 1.54) is 0 Å². The number of benzene rings is 1. The van der Waals surface area contributed by atoms with Crippen LogP contribution >= 0.6 is 0 Å². The third-order valence-electron chi connectivity index (χ3n) is 8.71. The first-order valence-corrected chi connectivity index (χ1v) is 13.7. The fourth-order valence-corrected chi connectivity index (χ4v) is 6.16. The lowest BCUT2D eigenvalue weighted by Gasteiger charge is -2.43. The highest BCUT2D eigenvalue weighted by Gasteiger charge is 2.46. The van der Waals surface area contributed by atoms with Crippen molar-refractivity contribution < 1.29 is 24.0 Å². The summed E-state index contributed by atoms with van der Waals surface area (Å²) in [6.45, 7) is 3.95. The number of hydrogen-bond acceptors (Lipinski definition) is 7. The van der Waals surface area contributed by atoms with Crippen LogP contribution in [0.15, 0.2) is 30.6 Å². The molecule has 0 spiro atoms. The molecule has 1 unspecified atom stereocenters. The zero-order valence-corrected chi connectivity index (χ0v) is 21.9. The molecule has 1 aliphatic carbocycles. The summed E-state index contributed by atoms with van der Waals surface area (Å²) in [5, 5.41) is 10.0. The molecule has 204 valence electrons. The number of amides is 5. The molecule has 11 heteroatoms. The average Bonchev–Trinajstić information content (AvgIpc) is 3.49. The van der Waals surface area contributed by atoms with Crippen LogP contribution in [0, 0.1) is 5.41 Å². The SMILES string of the molecule is CC1(C(=O)N2CCC(n3cc(CNc4cccc5c4C(=O)N(C4CCC(=O)NC4=O)C5=O)cn3)CC2)CCC1. The normalized spacial score (nSPS) is 22.9. The van der Waals surface area contributed by atoms with Gasteiger partial charge in [-0.25, -0.2) is 0 Å². The highest BCUT2D eigenvalue weighted by molar-refractivity contribution is 6.25. The van der Waals surface area contributed by atoms with Crippen LogP contribution in [0.25, 0.3) is 0 Å². The Kier molecular flexibility index (Phi) is 6.23. The minimum Gasteiger partial charge on any atom is -0.380 e. The van der Waals surface area contributed by atoms with Crippen molar-refractivity contribution in [3.05, 3.63) is 47.3 Å². The third kappa shape index (κ3) is 4.39. The number of fused-ring (bicyclic) bond motifs is 1. The molecule has 3 fully saturated rings. The Morgan fingerprint density at radius 1 is 1.10 bits per heavy atom. The molecular weight excluding hydrogens is 500 g/mol. The molecule has 6 rings (SSSR count). The molecule has 1 atom stereocenters. The molecule has 0 bridgehead atoms. The van der Waals surface area contributed by atoms with Crippen molar-refractivity contribution in [3.63, 3.8) is 0 Å². The average molecular weight is 533 g/mol. The van der Waals surface area contributed by atoms with Gasteiger partial charge in [0, 0.05) is 48.9 Å². The van der Waals surface area contributed by atoms with E-state index in [9.17, 15) is 24.0 Å². The maximum atomic E-state index is 13.3. The minimum absolute atomic E-state index is 0.0770. The Balaban J connectivity index is 1.09. The van der Waals surface area contributed by atoms with E-state index in [-0.39, 0.29) is 41.3 Å². The molecule has 1 aromatic heterocycles. The zero-order valence-electron chi connectivity index (χ0n) is 21.9. The number of carbonyl (C=O) groups excluding carboxylic acids is 5. The predicted molar refractivity (Wildman–Crippen MR) is 139 cm³/mol. The van der Waals surface area contributed by atoms with E-state index in [1.54, 1.807) is 24.4 Å². The number of likely N-dealkylation sites (tertiary alicyclic amines) is 1. The maximum absolute atomic E-state index is 13.3. The van der Waals surface area contributed by atoms with Gasteiger partial charge in [0.05, 0.1) is 23.4 Å². The molecular formula is C28H32N6O5. The van der Waals surface area contributed by atoms with E-state index in [0.717, 1.165) is 55.7 Å². The minimum atomic E-state index is -1.00. The van der Waals surface area contributed by atoms with Crippen molar-refractivity contribution in [1.82, 2.24) is 24.9 Å². The molecule has 5 amide bonds. The first-order chi connectivity index (χ1) is 18.7. The topological polar surface area (TPSA) is 134 Å². The van der Waals surface area contributed by atoms with Crippen LogP contribution in [-0.4, -0.2) is 68.2 Å². The Hall–Kier alpha value is -4.02. The second kappa shape index (κ2) is 9.62. The van der Waals surface area contributed by atoms with Gasteiger partial charge >= 0.3 is 0 Å². The summed E-state index contributed by atoms with van der Waals surface area (Å²) in [6.07, 6.45) is 8.78. The molecule has 3 aliphatic heterocycles. The molecule has 4 heterocycles. The van der Waals surface area contributed by atoms with Gasteiger partial charge in [-0.2, -0.15) is 5.10 Å². The number of rotatable bonds is 6. The summed E-state index contributed by atoms with van der Waals surface area (Å²) in [5.41, 5.74) is 1.73. The summed E-state index contributed by atoms with van der Waals surface area (Å²) in [5.74, 6) is -1.82. The van der Waals surface area contributed by atoms with Gasteiger partial charge in [-0.1, -0.05) is 19.4 Å². The summed E-state index contributed by atoms with van der Waals surface area (Å²) in [7, 11) is 0. The largest absolute Gasteiger partial charge is 0.380 e. The van der Waals surface area contributed by atoms with E-state index in [1.807, 2.05) is 15.8 Å². The van der Waals surface area contributed by atoms with Gasteiger partial charge in [0.2, 0.25) is 17.7 Å². The lowest BCUT2D eigenvalue weighted by atomic mass is 9.69. The highest BCUT2D eigenvalue weighted by Crippen LogP contribution is 2.42. The van der Waals surface area contributed by atoms with Gasteiger partial charge in [-0.15, -0.1) is 0 Å². The van der Waals surface area contributed by atoms with Crippen LogP contribution < -0.4 is 10.6 Å². The fourth-order valence-electron chi connectivity index (χ4n) is 6.16. The van der Waals surface area contributed by atoms with Crippen molar-refractivity contribution in [2.24, 2.45) is 5.41 Å². The Morgan fingerprint density at radius 2 is 1.87 bits per heavy atom. The van der Waals surface area contributed by atoms with Gasteiger partial charge in [0.1, 0.15) is 6.04 Å². The summed E-state index contributed by atoms with van der Waals surface area (Å²) >= 11 is 0. The second-order valence-corrected chi connectivity index (χ2v) is 11.3. The smallest absolute Gasteiger partial charge is 0.264 e. The number of aromatic nitrogens is 2. The molecule has 0 radical (unpaired) electrons. The molecule has 1 saturated carbocycles. The van der Waals surface area contributed by atoms with E-state index in [2.05, 4.69) is 22.7 Å². The molecule has 39 heavy (non-hydrogen) atoms. The zero-order chi connectivity index (χ0) is 27.3. The number of piperidine rings is 2. The molecule has 1 aromatic carbocycles. The van der Waals surface area contributed by atoms with Crippen LogP contribution in [0.5, 0.6) is 0 Å². The van der Waals surface area contributed by atoms with Crippen LogP contribution in [0.3, 0.4) is 0 Å². The van der Waals surface area contributed by atoms with Crippen LogP contribution in [0.2, 0.25) is 0 Å². The van der Waals surface area contributed by atoms with Crippen LogP contribution in [0.1, 0.15) is 84.2 Å². The molecule has 2 saturated heterocycles. The lowest BCUT2D eigenvalue weighted by Crippen LogP contribution is -2.54.